The summed E-state index contributed by atoms with van der Waals surface area (Å²) in [5, 5.41) is 3.18. The molecule has 11 heteroatoms. The molecule has 0 aliphatic carbocycles. The summed E-state index contributed by atoms with van der Waals surface area (Å²) in [5.41, 5.74) is 6.30. The largest absolute Gasteiger partial charge is 0.462 e. The number of nitrogens with zero attached hydrogens (tertiary/aromatic N) is 4. The van der Waals surface area contributed by atoms with Crippen LogP contribution in [0.15, 0.2) is 22.9 Å². The van der Waals surface area contributed by atoms with E-state index in [9.17, 15) is 9.59 Å². The lowest BCUT2D eigenvalue weighted by atomic mass is 10.2. The minimum Gasteiger partial charge on any atom is -0.462 e. The monoisotopic (exact) mass is 400 g/mol. The minimum atomic E-state index is -0.562. The van der Waals surface area contributed by atoms with Gasteiger partial charge in [0.25, 0.3) is 0 Å². The number of esters is 2. The molecular formula is C18H20N6O5. The van der Waals surface area contributed by atoms with E-state index >= 15 is 0 Å². The van der Waals surface area contributed by atoms with Gasteiger partial charge >= 0.3 is 11.9 Å². The Morgan fingerprint density at radius 2 is 1.97 bits per heavy atom. The van der Waals surface area contributed by atoms with Gasteiger partial charge in [0.2, 0.25) is 11.7 Å². The van der Waals surface area contributed by atoms with E-state index in [1.165, 1.54) is 0 Å². The molecule has 0 unspecified atom stereocenters. The standard InChI is InChI=1S/C18H20N6O5/c1-3-27-17(26)13-10(2)29-16-14(13)15(19)23-11(24-16)9-28-12(25)5-8-22-18-20-6-4-7-21-18/h4,6-7H,3,5,8-9H2,1-2H3,(H2,19,23,24)(H,20,21,22). The van der Waals surface area contributed by atoms with Crippen LogP contribution in [0.5, 0.6) is 0 Å². The number of aromatic nitrogens is 4. The van der Waals surface area contributed by atoms with E-state index in [-0.39, 0.29) is 47.9 Å². The van der Waals surface area contributed by atoms with Gasteiger partial charge in [0, 0.05) is 18.9 Å². The van der Waals surface area contributed by atoms with Gasteiger partial charge in [0.1, 0.15) is 17.1 Å². The fourth-order valence-corrected chi connectivity index (χ4v) is 2.58. The molecule has 0 radical (unpaired) electrons. The Labute approximate surface area is 165 Å². The Bertz CT molecular complexity index is 1020. The second kappa shape index (κ2) is 8.95. The molecule has 0 spiro atoms. The number of hydrogen-bond acceptors (Lipinski definition) is 11. The van der Waals surface area contributed by atoms with Crippen molar-refractivity contribution < 1.29 is 23.5 Å². The van der Waals surface area contributed by atoms with Crippen molar-refractivity contribution in [1.82, 2.24) is 19.9 Å². The highest BCUT2D eigenvalue weighted by molar-refractivity contribution is 6.07. The van der Waals surface area contributed by atoms with E-state index in [1.54, 1.807) is 32.3 Å². The predicted molar refractivity (Wildman–Crippen MR) is 102 cm³/mol. The zero-order chi connectivity index (χ0) is 20.8. The minimum absolute atomic E-state index is 0.0452. The summed E-state index contributed by atoms with van der Waals surface area (Å²) < 4.78 is 15.7. The number of carbonyl (C=O) groups is 2. The number of anilines is 2. The Morgan fingerprint density at radius 3 is 2.69 bits per heavy atom. The van der Waals surface area contributed by atoms with Crippen molar-refractivity contribution in [2.24, 2.45) is 0 Å². The molecule has 0 atom stereocenters. The third-order valence-corrected chi connectivity index (χ3v) is 3.82. The Morgan fingerprint density at radius 1 is 1.21 bits per heavy atom. The second-order valence-corrected chi connectivity index (χ2v) is 5.87. The maximum Gasteiger partial charge on any atom is 0.342 e. The zero-order valence-electron chi connectivity index (χ0n) is 16.0. The maximum absolute atomic E-state index is 12.1. The highest BCUT2D eigenvalue weighted by Gasteiger charge is 2.24. The summed E-state index contributed by atoms with van der Waals surface area (Å²) in [7, 11) is 0. The average molecular weight is 400 g/mol. The fraction of sp³-hybridized carbons (Fsp3) is 0.333. The molecule has 11 nitrogen and oxygen atoms in total. The molecule has 152 valence electrons. The predicted octanol–water partition coefficient (Wildman–Crippen LogP) is 1.63. The number of rotatable bonds is 8. The molecule has 0 aliphatic rings. The fourth-order valence-electron chi connectivity index (χ4n) is 2.58. The van der Waals surface area contributed by atoms with Gasteiger partial charge in [-0.15, -0.1) is 0 Å². The number of carbonyl (C=O) groups excluding carboxylic acids is 2. The van der Waals surface area contributed by atoms with Gasteiger partial charge in [0.05, 0.1) is 18.4 Å². The molecule has 0 saturated heterocycles. The van der Waals surface area contributed by atoms with Crippen LogP contribution >= 0.6 is 0 Å². The number of hydrogen-bond donors (Lipinski definition) is 2. The van der Waals surface area contributed by atoms with Gasteiger partial charge in [-0.25, -0.2) is 19.7 Å². The lowest BCUT2D eigenvalue weighted by Gasteiger charge is -2.06. The molecule has 0 fully saturated rings. The van der Waals surface area contributed by atoms with Crippen molar-refractivity contribution >= 4 is 34.8 Å². The Balaban J connectivity index is 1.62. The summed E-state index contributed by atoms with van der Waals surface area (Å²) >= 11 is 0. The van der Waals surface area contributed by atoms with Gasteiger partial charge in [-0.1, -0.05) is 0 Å². The molecule has 3 N–H and O–H groups in total. The molecule has 0 bridgehead atoms. The third kappa shape index (κ3) is 4.75. The zero-order valence-corrected chi connectivity index (χ0v) is 16.0. The Kier molecular flexibility index (Phi) is 6.17. The van der Waals surface area contributed by atoms with Crippen molar-refractivity contribution in [1.29, 1.82) is 0 Å². The van der Waals surface area contributed by atoms with Gasteiger partial charge in [0.15, 0.2) is 12.4 Å². The highest BCUT2D eigenvalue weighted by atomic mass is 16.5. The second-order valence-electron chi connectivity index (χ2n) is 5.87. The van der Waals surface area contributed by atoms with Crippen molar-refractivity contribution in [3.63, 3.8) is 0 Å². The van der Waals surface area contributed by atoms with E-state index in [0.717, 1.165) is 0 Å². The SMILES string of the molecule is CCOC(=O)c1c(C)oc2nc(COC(=O)CCNc3ncccn3)nc(N)c12. The number of aryl methyl sites for hydroxylation is 1. The van der Waals surface area contributed by atoms with Crippen LogP contribution in [0.3, 0.4) is 0 Å². The topological polar surface area (TPSA) is 155 Å². The molecule has 0 aromatic carbocycles. The molecule has 0 saturated carbocycles. The van der Waals surface area contributed by atoms with Crippen molar-refractivity contribution in [3.05, 3.63) is 35.6 Å². The number of nitrogen functional groups attached to an aromatic ring is 1. The lowest BCUT2D eigenvalue weighted by molar-refractivity contribution is -0.144. The molecular weight excluding hydrogens is 380 g/mol. The summed E-state index contributed by atoms with van der Waals surface area (Å²) in [5.74, 6) is -0.0716. The summed E-state index contributed by atoms with van der Waals surface area (Å²) in [6, 6.07) is 1.69. The normalized spacial score (nSPS) is 10.7. The van der Waals surface area contributed by atoms with E-state index in [0.29, 0.717) is 18.3 Å². The first-order valence-corrected chi connectivity index (χ1v) is 8.88. The average Bonchev–Trinajstić information content (AvgIpc) is 3.04. The first kappa shape index (κ1) is 20.0. The van der Waals surface area contributed by atoms with Crippen LogP contribution < -0.4 is 11.1 Å². The van der Waals surface area contributed by atoms with Crippen LogP contribution in [0.25, 0.3) is 11.1 Å². The number of nitrogens with one attached hydrogen (secondary N) is 1. The van der Waals surface area contributed by atoms with Gasteiger partial charge < -0.3 is 24.9 Å². The van der Waals surface area contributed by atoms with Crippen molar-refractivity contribution in [2.75, 3.05) is 24.2 Å². The molecule has 0 amide bonds. The number of fused-ring (bicyclic) bond motifs is 1. The quantitative estimate of drug-likeness (QED) is 0.530. The van der Waals surface area contributed by atoms with Crippen LogP contribution in [0, 0.1) is 6.92 Å². The maximum atomic E-state index is 12.1. The van der Waals surface area contributed by atoms with Gasteiger partial charge in [-0.05, 0) is 19.9 Å². The molecule has 0 aliphatic heterocycles. The molecule has 3 aromatic heterocycles. The van der Waals surface area contributed by atoms with E-state index < -0.39 is 11.9 Å². The van der Waals surface area contributed by atoms with E-state index in [1.807, 2.05) is 0 Å². The van der Waals surface area contributed by atoms with E-state index in [2.05, 4.69) is 25.3 Å². The van der Waals surface area contributed by atoms with E-state index in [4.69, 9.17) is 19.6 Å². The van der Waals surface area contributed by atoms with Crippen molar-refractivity contribution in [2.45, 2.75) is 26.9 Å². The third-order valence-electron chi connectivity index (χ3n) is 3.82. The van der Waals surface area contributed by atoms with Crippen molar-refractivity contribution in [3.8, 4) is 0 Å². The summed E-state index contributed by atoms with van der Waals surface area (Å²) in [6.45, 7) is 3.65. The molecule has 3 aromatic rings. The molecule has 3 heterocycles. The first-order valence-electron chi connectivity index (χ1n) is 8.88. The van der Waals surface area contributed by atoms with Crippen LogP contribution in [-0.2, 0) is 20.9 Å². The van der Waals surface area contributed by atoms with Crippen LogP contribution in [0.1, 0.15) is 35.3 Å². The van der Waals surface area contributed by atoms with Crippen LogP contribution in [0.4, 0.5) is 11.8 Å². The van der Waals surface area contributed by atoms with Crippen LogP contribution in [0.2, 0.25) is 0 Å². The van der Waals surface area contributed by atoms with Crippen LogP contribution in [-0.4, -0.2) is 45.0 Å². The van der Waals surface area contributed by atoms with Gasteiger partial charge in [-0.3, -0.25) is 4.79 Å². The molecule has 3 rings (SSSR count). The highest BCUT2D eigenvalue weighted by Crippen LogP contribution is 2.29. The first-order chi connectivity index (χ1) is 14.0. The lowest BCUT2D eigenvalue weighted by Crippen LogP contribution is -2.14. The number of ether oxygens (including phenoxy) is 2. The number of nitrogens with two attached hydrogens (primary N) is 1. The molecule has 29 heavy (non-hydrogen) atoms. The summed E-state index contributed by atoms with van der Waals surface area (Å²) in [6.07, 6.45) is 3.29. The number of furan rings is 1. The summed E-state index contributed by atoms with van der Waals surface area (Å²) in [4.78, 5) is 40.3. The smallest absolute Gasteiger partial charge is 0.342 e. The van der Waals surface area contributed by atoms with Gasteiger partial charge in [-0.2, -0.15) is 4.98 Å². The Hall–Kier alpha value is -3.76.